The Balaban J connectivity index is 2.02. The van der Waals surface area contributed by atoms with Crippen molar-refractivity contribution >= 4 is 34.7 Å². The summed E-state index contributed by atoms with van der Waals surface area (Å²) in [5.74, 6) is -0.186. The van der Waals surface area contributed by atoms with Gasteiger partial charge in [-0.2, -0.15) is 0 Å². The van der Waals surface area contributed by atoms with Gasteiger partial charge >= 0.3 is 6.09 Å². The van der Waals surface area contributed by atoms with E-state index in [0.717, 1.165) is 11.4 Å². The van der Waals surface area contributed by atoms with Gasteiger partial charge in [0.1, 0.15) is 4.88 Å². The molecule has 7 heteroatoms. The van der Waals surface area contributed by atoms with E-state index < -0.39 is 6.09 Å². The molecule has 2 aromatic rings. The van der Waals surface area contributed by atoms with Crippen LogP contribution in [0.25, 0.3) is 0 Å². The van der Waals surface area contributed by atoms with Gasteiger partial charge in [0.15, 0.2) is 0 Å². The van der Waals surface area contributed by atoms with E-state index in [1.165, 1.54) is 16.2 Å². The topological polar surface area (TPSA) is 71.5 Å². The van der Waals surface area contributed by atoms with Gasteiger partial charge in [0, 0.05) is 18.4 Å². The Morgan fingerprint density at radius 2 is 1.96 bits per heavy atom. The van der Waals surface area contributed by atoms with E-state index in [1.54, 1.807) is 44.4 Å². The van der Waals surface area contributed by atoms with Crippen molar-refractivity contribution in [3.8, 4) is 0 Å². The Kier molecular flexibility index (Phi) is 5.70. The van der Waals surface area contributed by atoms with Crippen LogP contribution in [0.5, 0.6) is 0 Å². The van der Waals surface area contributed by atoms with Crippen LogP contribution in [0.4, 0.5) is 16.2 Å². The largest absolute Gasteiger partial charge is 0.449 e. The fourth-order valence-corrected chi connectivity index (χ4v) is 2.62. The van der Waals surface area contributed by atoms with Crippen molar-refractivity contribution in [1.29, 1.82) is 0 Å². The lowest BCUT2D eigenvalue weighted by Gasteiger charge is -2.16. The predicted octanol–water partition coefficient (Wildman–Crippen LogP) is 3.55. The van der Waals surface area contributed by atoms with Crippen molar-refractivity contribution in [2.45, 2.75) is 20.3 Å². The van der Waals surface area contributed by atoms with Crippen LogP contribution < -0.4 is 10.2 Å². The highest BCUT2D eigenvalue weighted by atomic mass is 32.1. The summed E-state index contributed by atoms with van der Waals surface area (Å²) in [4.78, 5) is 29.9. The van der Waals surface area contributed by atoms with Crippen LogP contribution in [0.15, 0.2) is 30.5 Å². The number of carbonyl (C=O) groups excluding carboxylic acids is 2. The molecule has 0 spiro atoms. The van der Waals surface area contributed by atoms with Gasteiger partial charge in [-0.3, -0.25) is 9.69 Å². The van der Waals surface area contributed by atoms with E-state index in [9.17, 15) is 9.59 Å². The molecule has 0 aliphatic carbocycles. The first-order valence-corrected chi connectivity index (χ1v) is 8.13. The molecule has 0 unspecified atom stereocenters. The summed E-state index contributed by atoms with van der Waals surface area (Å²) in [5, 5.41) is 3.74. The summed E-state index contributed by atoms with van der Waals surface area (Å²) in [6.45, 7) is 4.08. The second-order valence-electron chi connectivity index (χ2n) is 4.73. The summed E-state index contributed by atoms with van der Waals surface area (Å²) in [5.41, 5.74) is 1.34. The van der Waals surface area contributed by atoms with Crippen LogP contribution in [-0.2, 0) is 11.2 Å². The maximum Gasteiger partial charge on any atom is 0.413 e. The fourth-order valence-electron chi connectivity index (χ4n) is 1.87. The standard InChI is InChI=1S/C16H19N3O3S/c1-4-14-17-10-13(23-14)15(20)18-11-6-8-12(9-7-11)19(3)16(21)22-5-2/h6-10H,4-5H2,1-3H3,(H,18,20). The normalized spacial score (nSPS) is 10.2. The summed E-state index contributed by atoms with van der Waals surface area (Å²) < 4.78 is 4.94. The van der Waals surface area contributed by atoms with Gasteiger partial charge in [-0.05, 0) is 37.6 Å². The first-order valence-electron chi connectivity index (χ1n) is 7.31. The van der Waals surface area contributed by atoms with Gasteiger partial charge in [0.05, 0.1) is 17.8 Å². The quantitative estimate of drug-likeness (QED) is 0.908. The number of carbonyl (C=O) groups is 2. The van der Waals surface area contributed by atoms with E-state index in [-0.39, 0.29) is 5.91 Å². The van der Waals surface area contributed by atoms with Gasteiger partial charge in [0.2, 0.25) is 0 Å². The Morgan fingerprint density at radius 1 is 1.26 bits per heavy atom. The zero-order chi connectivity index (χ0) is 16.8. The van der Waals surface area contributed by atoms with E-state index >= 15 is 0 Å². The van der Waals surface area contributed by atoms with Crippen molar-refractivity contribution in [1.82, 2.24) is 4.98 Å². The molecule has 122 valence electrons. The molecule has 1 aromatic heterocycles. The molecular weight excluding hydrogens is 314 g/mol. The molecule has 6 nitrogen and oxygen atoms in total. The van der Waals surface area contributed by atoms with Crippen molar-refractivity contribution in [3.63, 3.8) is 0 Å². The van der Waals surface area contributed by atoms with Crippen LogP contribution in [-0.4, -0.2) is 30.6 Å². The maximum atomic E-state index is 12.1. The highest BCUT2D eigenvalue weighted by molar-refractivity contribution is 7.13. The van der Waals surface area contributed by atoms with Crippen LogP contribution >= 0.6 is 11.3 Å². The summed E-state index contributed by atoms with van der Waals surface area (Å²) in [6, 6.07) is 6.98. The van der Waals surface area contributed by atoms with E-state index in [1.807, 2.05) is 6.92 Å². The third kappa shape index (κ3) is 4.29. The van der Waals surface area contributed by atoms with Crippen molar-refractivity contribution in [3.05, 3.63) is 40.3 Å². The summed E-state index contributed by atoms with van der Waals surface area (Å²) in [7, 11) is 1.63. The van der Waals surface area contributed by atoms with Gasteiger partial charge in [-0.1, -0.05) is 6.92 Å². The zero-order valence-corrected chi connectivity index (χ0v) is 14.1. The minimum Gasteiger partial charge on any atom is -0.449 e. The number of hydrogen-bond acceptors (Lipinski definition) is 5. The van der Waals surface area contributed by atoms with Crippen LogP contribution in [0.3, 0.4) is 0 Å². The van der Waals surface area contributed by atoms with Crippen molar-refractivity contribution in [2.24, 2.45) is 0 Å². The first-order chi connectivity index (χ1) is 11.0. The fraction of sp³-hybridized carbons (Fsp3) is 0.312. The van der Waals surface area contributed by atoms with Gasteiger partial charge in [-0.15, -0.1) is 11.3 Å². The molecule has 0 saturated carbocycles. The number of anilines is 2. The molecule has 23 heavy (non-hydrogen) atoms. The van der Waals surface area contributed by atoms with E-state index in [4.69, 9.17) is 4.74 Å². The number of thiazole rings is 1. The molecule has 0 aliphatic rings. The lowest BCUT2D eigenvalue weighted by molar-refractivity contribution is 0.103. The second-order valence-corrected chi connectivity index (χ2v) is 5.85. The molecule has 2 amide bonds. The number of hydrogen-bond donors (Lipinski definition) is 1. The zero-order valence-electron chi connectivity index (χ0n) is 13.3. The molecule has 1 N–H and O–H groups in total. The number of nitrogens with zero attached hydrogens (tertiary/aromatic N) is 2. The molecule has 1 heterocycles. The van der Waals surface area contributed by atoms with Gasteiger partial charge < -0.3 is 10.1 Å². The molecule has 0 fully saturated rings. The highest BCUT2D eigenvalue weighted by Gasteiger charge is 2.13. The van der Waals surface area contributed by atoms with Crippen LogP contribution in [0, 0.1) is 0 Å². The Hall–Kier alpha value is -2.41. The van der Waals surface area contributed by atoms with Gasteiger partial charge in [0.25, 0.3) is 5.91 Å². The lowest BCUT2D eigenvalue weighted by Crippen LogP contribution is -2.26. The summed E-state index contributed by atoms with van der Waals surface area (Å²) in [6.07, 6.45) is 1.98. The highest BCUT2D eigenvalue weighted by Crippen LogP contribution is 2.19. The molecule has 0 radical (unpaired) electrons. The minimum atomic E-state index is -0.416. The first kappa shape index (κ1) is 17.0. The maximum absolute atomic E-state index is 12.1. The van der Waals surface area contributed by atoms with E-state index in [2.05, 4.69) is 10.3 Å². The molecule has 0 saturated heterocycles. The van der Waals surface area contributed by atoms with Crippen LogP contribution in [0.1, 0.15) is 28.5 Å². The third-order valence-corrected chi connectivity index (χ3v) is 4.27. The smallest absolute Gasteiger partial charge is 0.413 e. The number of amides is 2. The van der Waals surface area contributed by atoms with Crippen LogP contribution in [0.2, 0.25) is 0 Å². The Labute approximate surface area is 139 Å². The number of aromatic nitrogens is 1. The SMILES string of the molecule is CCOC(=O)N(C)c1ccc(NC(=O)c2cnc(CC)s2)cc1. The average Bonchev–Trinajstić information content (AvgIpc) is 3.04. The summed E-state index contributed by atoms with van der Waals surface area (Å²) >= 11 is 1.39. The molecule has 1 aromatic carbocycles. The Bertz CT molecular complexity index is 682. The minimum absolute atomic E-state index is 0.186. The predicted molar refractivity (Wildman–Crippen MR) is 91.3 cm³/mol. The number of ether oxygens (including phenoxy) is 1. The Morgan fingerprint density at radius 3 is 2.52 bits per heavy atom. The monoisotopic (exact) mass is 333 g/mol. The van der Waals surface area contributed by atoms with Crippen molar-refractivity contribution < 1.29 is 14.3 Å². The lowest BCUT2D eigenvalue weighted by atomic mass is 10.2. The average molecular weight is 333 g/mol. The molecular formula is C16H19N3O3S. The number of nitrogens with one attached hydrogen (secondary N) is 1. The molecule has 2 rings (SSSR count). The number of rotatable bonds is 5. The molecule has 0 aliphatic heterocycles. The third-order valence-electron chi connectivity index (χ3n) is 3.13. The number of aryl methyl sites for hydroxylation is 1. The van der Waals surface area contributed by atoms with Crippen molar-refractivity contribution in [2.75, 3.05) is 23.9 Å². The van der Waals surface area contributed by atoms with Gasteiger partial charge in [-0.25, -0.2) is 9.78 Å². The second kappa shape index (κ2) is 7.73. The molecule has 0 atom stereocenters. The van der Waals surface area contributed by atoms with E-state index in [0.29, 0.717) is 22.9 Å². The molecule has 0 bridgehead atoms. The number of benzene rings is 1.